The highest BCUT2D eigenvalue weighted by Gasteiger charge is 2.16. The third-order valence-corrected chi connectivity index (χ3v) is 3.33. The van der Waals surface area contributed by atoms with E-state index in [1.807, 2.05) is 0 Å². The van der Waals surface area contributed by atoms with Crippen molar-refractivity contribution in [2.75, 3.05) is 5.73 Å². The molecule has 0 spiro atoms. The maximum atomic E-state index is 11.8. The summed E-state index contributed by atoms with van der Waals surface area (Å²) >= 11 is 0. The zero-order valence-electron chi connectivity index (χ0n) is 10.4. The van der Waals surface area contributed by atoms with E-state index in [0.29, 0.717) is 0 Å². The lowest BCUT2D eigenvalue weighted by molar-refractivity contribution is -0.122. The van der Waals surface area contributed by atoms with E-state index in [0.717, 1.165) is 12.8 Å². The van der Waals surface area contributed by atoms with E-state index in [2.05, 4.69) is 5.32 Å². The summed E-state index contributed by atoms with van der Waals surface area (Å²) < 4.78 is 1.34. The van der Waals surface area contributed by atoms with Gasteiger partial charge in [-0.15, -0.1) is 0 Å². The molecule has 0 unspecified atom stereocenters. The topological polar surface area (TPSA) is 77.1 Å². The molecule has 1 saturated carbocycles. The predicted octanol–water partition coefficient (Wildman–Crippen LogP) is 0.879. The molecule has 18 heavy (non-hydrogen) atoms. The molecule has 1 amide bonds. The van der Waals surface area contributed by atoms with Gasteiger partial charge in [0.15, 0.2) is 0 Å². The summed E-state index contributed by atoms with van der Waals surface area (Å²) in [5.41, 5.74) is 5.38. The van der Waals surface area contributed by atoms with Gasteiger partial charge in [-0.25, -0.2) is 0 Å². The molecule has 0 bridgehead atoms. The van der Waals surface area contributed by atoms with Crippen molar-refractivity contribution >= 4 is 11.6 Å². The van der Waals surface area contributed by atoms with Crippen LogP contribution >= 0.6 is 0 Å². The van der Waals surface area contributed by atoms with Crippen LogP contribution in [0.1, 0.15) is 32.1 Å². The average Bonchev–Trinajstić information content (AvgIpc) is 2.36. The Morgan fingerprint density at radius 2 is 2.11 bits per heavy atom. The molecule has 0 aliphatic heterocycles. The average molecular weight is 249 g/mol. The summed E-state index contributed by atoms with van der Waals surface area (Å²) in [6.45, 7) is 0.0420. The Morgan fingerprint density at radius 1 is 1.39 bits per heavy atom. The van der Waals surface area contributed by atoms with Gasteiger partial charge in [0.2, 0.25) is 5.91 Å². The first-order valence-corrected chi connectivity index (χ1v) is 6.41. The standard InChI is InChI=1S/C13H19N3O2/c14-11-7-4-8-16(13(11)18)9-12(17)15-10-5-2-1-3-6-10/h4,7-8,10H,1-3,5-6,9,14H2,(H,15,17). The first-order chi connectivity index (χ1) is 8.66. The number of amides is 1. The number of aromatic nitrogens is 1. The Balaban J connectivity index is 1.94. The molecule has 0 atom stereocenters. The predicted molar refractivity (Wildman–Crippen MR) is 70.1 cm³/mol. The number of nitrogens with zero attached hydrogens (tertiary/aromatic N) is 1. The van der Waals surface area contributed by atoms with Gasteiger partial charge in [-0.3, -0.25) is 9.59 Å². The number of anilines is 1. The number of carbonyl (C=O) groups excluding carboxylic acids is 1. The molecule has 3 N–H and O–H groups in total. The highest BCUT2D eigenvalue weighted by molar-refractivity contribution is 5.76. The zero-order chi connectivity index (χ0) is 13.0. The van der Waals surface area contributed by atoms with Crippen molar-refractivity contribution in [3.05, 3.63) is 28.7 Å². The Kier molecular flexibility index (Phi) is 4.02. The highest BCUT2D eigenvalue weighted by atomic mass is 16.2. The second-order valence-corrected chi connectivity index (χ2v) is 4.80. The molecule has 98 valence electrons. The van der Waals surface area contributed by atoms with Crippen LogP contribution in [-0.2, 0) is 11.3 Å². The second-order valence-electron chi connectivity index (χ2n) is 4.80. The molecule has 1 aliphatic rings. The van der Waals surface area contributed by atoms with E-state index in [9.17, 15) is 9.59 Å². The van der Waals surface area contributed by atoms with Crippen LogP contribution in [0.15, 0.2) is 23.1 Å². The van der Waals surface area contributed by atoms with Gasteiger partial charge in [0.1, 0.15) is 6.54 Å². The summed E-state index contributed by atoms with van der Waals surface area (Å²) in [4.78, 5) is 23.5. The lowest BCUT2D eigenvalue weighted by Crippen LogP contribution is -2.39. The summed E-state index contributed by atoms with van der Waals surface area (Å²) in [5, 5.41) is 2.97. The Labute approximate surface area is 106 Å². The molecule has 1 aromatic heterocycles. The number of hydrogen-bond acceptors (Lipinski definition) is 3. The Hall–Kier alpha value is -1.78. The van der Waals surface area contributed by atoms with Crippen molar-refractivity contribution in [3.63, 3.8) is 0 Å². The number of nitrogen functional groups attached to an aromatic ring is 1. The number of carbonyl (C=O) groups is 1. The minimum Gasteiger partial charge on any atom is -0.394 e. The number of rotatable bonds is 3. The summed E-state index contributed by atoms with van der Waals surface area (Å²) in [5.74, 6) is -0.116. The number of hydrogen-bond donors (Lipinski definition) is 2. The van der Waals surface area contributed by atoms with Gasteiger partial charge in [0, 0.05) is 12.2 Å². The van der Waals surface area contributed by atoms with Crippen LogP contribution < -0.4 is 16.6 Å². The molecule has 0 aromatic carbocycles. The van der Waals surface area contributed by atoms with Crippen molar-refractivity contribution in [1.29, 1.82) is 0 Å². The quantitative estimate of drug-likeness (QED) is 0.834. The summed E-state index contributed by atoms with van der Waals surface area (Å²) in [7, 11) is 0. The molecular formula is C13H19N3O2. The van der Waals surface area contributed by atoms with Gasteiger partial charge in [-0.05, 0) is 25.0 Å². The molecular weight excluding hydrogens is 230 g/mol. The fraction of sp³-hybridized carbons (Fsp3) is 0.538. The minimum absolute atomic E-state index is 0.0420. The monoisotopic (exact) mass is 249 g/mol. The van der Waals surface area contributed by atoms with Crippen molar-refractivity contribution in [2.45, 2.75) is 44.7 Å². The van der Waals surface area contributed by atoms with E-state index in [1.165, 1.54) is 29.9 Å². The molecule has 1 aromatic rings. The molecule has 2 rings (SSSR count). The van der Waals surface area contributed by atoms with Crippen LogP contribution in [0.3, 0.4) is 0 Å². The van der Waals surface area contributed by atoms with Crippen LogP contribution in [0.25, 0.3) is 0 Å². The van der Waals surface area contributed by atoms with Crippen LogP contribution in [0, 0.1) is 0 Å². The van der Waals surface area contributed by atoms with Gasteiger partial charge >= 0.3 is 0 Å². The maximum absolute atomic E-state index is 11.8. The normalized spacial score (nSPS) is 16.4. The Morgan fingerprint density at radius 3 is 2.83 bits per heavy atom. The fourth-order valence-electron chi connectivity index (χ4n) is 2.35. The van der Waals surface area contributed by atoms with Gasteiger partial charge < -0.3 is 15.6 Å². The van der Waals surface area contributed by atoms with Crippen molar-refractivity contribution in [2.24, 2.45) is 0 Å². The fourth-order valence-corrected chi connectivity index (χ4v) is 2.35. The van der Waals surface area contributed by atoms with Crippen LogP contribution in [-0.4, -0.2) is 16.5 Å². The van der Waals surface area contributed by atoms with Crippen molar-refractivity contribution in [3.8, 4) is 0 Å². The van der Waals surface area contributed by atoms with E-state index in [-0.39, 0.29) is 29.7 Å². The van der Waals surface area contributed by atoms with Gasteiger partial charge in [0.25, 0.3) is 5.56 Å². The van der Waals surface area contributed by atoms with E-state index >= 15 is 0 Å². The van der Waals surface area contributed by atoms with Crippen molar-refractivity contribution < 1.29 is 4.79 Å². The lowest BCUT2D eigenvalue weighted by Gasteiger charge is -2.22. The number of nitrogens with two attached hydrogens (primary N) is 1. The van der Waals surface area contributed by atoms with E-state index < -0.39 is 0 Å². The third kappa shape index (κ3) is 3.12. The zero-order valence-corrected chi connectivity index (χ0v) is 10.4. The second kappa shape index (κ2) is 5.71. The van der Waals surface area contributed by atoms with E-state index in [1.54, 1.807) is 12.3 Å². The molecule has 1 fully saturated rings. The number of nitrogens with one attached hydrogen (secondary N) is 1. The molecule has 0 radical (unpaired) electrons. The molecule has 1 heterocycles. The van der Waals surface area contributed by atoms with Crippen LogP contribution in [0.4, 0.5) is 5.69 Å². The first-order valence-electron chi connectivity index (χ1n) is 6.41. The largest absolute Gasteiger partial charge is 0.394 e. The summed E-state index contributed by atoms with van der Waals surface area (Å²) in [6.07, 6.45) is 7.25. The molecule has 0 saturated heterocycles. The third-order valence-electron chi connectivity index (χ3n) is 3.33. The molecule has 5 heteroatoms. The van der Waals surface area contributed by atoms with E-state index in [4.69, 9.17) is 5.73 Å². The molecule has 1 aliphatic carbocycles. The summed E-state index contributed by atoms with van der Waals surface area (Å²) in [6, 6.07) is 3.48. The van der Waals surface area contributed by atoms with Gasteiger partial charge in [-0.2, -0.15) is 0 Å². The SMILES string of the molecule is Nc1cccn(CC(=O)NC2CCCCC2)c1=O. The van der Waals surface area contributed by atoms with Gasteiger partial charge in [-0.1, -0.05) is 19.3 Å². The molecule has 5 nitrogen and oxygen atoms in total. The Bertz CT molecular complexity index is 475. The van der Waals surface area contributed by atoms with Crippen molar-refractivity contribution in [1.82, 2.24) is 9.88 Å². The number of pyridine rings is 1. The minimum atomic E-state index is -0.309. The van der Waals surface area contributed by atoms with Crippen LogP contribution in [0.5, 0.6) is 0 Å². The smallest absolute Gasteiger partial charge is 0.274 e. The van der Waals surface area contributed by atoms with Crippen LogP contribution in [0.2, 0.25) is 0 Å². The highest BCUT2D eigenvalue weighted by Crippen LogP contribution is 2.17. The van der Waals surface area contributed by atoms with Gasteiger partial charge in [0.05, 0.1) is 5.69 Å². The lowest BCUT2D eigenvalue weighted by atomic mass is 9.95. The maximum Gasteiger partial charge on any atom is 0.274 e. The first kappa shape index (κ1) is 12.7.